The van der Waals surface area contributed by atoms with Crippen molar-refractivity contribution >= 4 is 0 Å². The monoisotopic (exact) mass is 604 g/mol. The predicted octanol–water partition coefficient (Wildman–Crippen LogP) is 3.35. The summed E-state index contributed by atoms with van der Waals surface area (Å²) < 4.78 is 3.19. The fourth-order valence-corrected chi connectivity index (χ4v) is 4.06. The molecule has 0 aliphatic heterocycles. The van der Waals surface area contributed by atoms with E-state index in [2.05, 4.69) is 65.5 Å². The van der Waals surface area contributed by atoms with E-state index in [-0.39, 0.29) is 30.6 Å². The second-order valence-electron chi connectivity index (χ2n) is 9.16. The van der Waals surface area contributed by atoms with Crippen molar-refractivity contribution in [3.8, 4) is 0 Å². The minimum atomic E-state index is 0. The van der Waals surface area contributed by atoms with Crippen LogP contribution >= 0.6 is 0 Å². The third kappa shape index (κ3) is 16.6. The van der Waals surface area contributed by atoms with E-state index >= 15 is 0 Å². The van der Waals surface area contributed by atoms with Crippen molar-refractivity contribution in [2.45, 2.75) is 90.0 Å². The van der Waals surface area contributed by atoms with Gasteiger partial charge in [0.25, 0.3) is 0 Å². The van der Waals surface area contributed by atoms with Crippen LogP contribution in [0.3, 0.4) is 0 Å². The number of nitrogens with zero attached hydrogens (tertiary/aromatic N) is 2. The number of aromatic nitrogens is 2. The van der Waals surface area contributed by atoms with E-state index in [1.54, 1.807) is 6.20 Å². The van der Waals surface area contributed by atoms with Crippen LogP contribution in [0.15, 0.2) is 85.5 Å². The summed E-state index contributed by atoms with van der Waals surface area (Å²) in [4.78, 5) is 0. The van der Waals surface area contributed by atoms with Crippen molar-refractivity contribution in [2.24, 2.45) is 0 Å². The lowest BCUT2D eigenvalue weighted by atomic mass is 10.1. The molecule has 0 aliphatic carbocycles. The standard InChI is InChI=1S/C31H45N2O2.HI/c34-27-17-13-9-4-2-1-3-6-10-14-20-30-22-18-25-32(28-30)24-16-12-8-5-7-11-15-21-31-23-19-26-33(35)29-31;/h3,6,8-9,12-13,18-19,22-23,25-26,28-29,34H,1-2,4-5,7,10-11,14-17,20-21,24,27H2;1H/q+1;/p-1/b6-3-,12-8+,13-9+;. The van der Waals surface area contributed by atoms with Gasteiger partial charge in [0.2, 0.25) is 0 Å². The number of aliphatic hydroxyl groups excluding tert-OH is 1. The zero-order valence-corrected chi connectivity index (χ0v) is 24.0. The summed E-state index contributed by atoms with van der Waals surface area (Å²) in [5.41, 5.74) is 2.54. The van der Waals surface area contributed by atoms with Gasteiger partial charge in [-0.25, -0.2) is 4.57 Å². The van der Waals surface area contributed by atoms with Crippen LogP contribution in [0.5, 0.6) is 0 Å². The Morgan fingerprint density at radius 1 is 0.639 bits per heavy atom. The highest BCUT2D eigenvalue weighted by Gasteiger charge is 2.02. The number of halogens is 1. The van der Waals surface area contributed by atoms with Gasteiger partial charge in [0.05, 0.1) is 0 Å². The maximum atomic E-state index is 11.3. The largest absolute Gasteiger partial charge is 1.00 e. The number of allylic oxidation sites excluding steroid dienone is 5. The number of hydrogen-bond donors (Lipinski definition) is 1. The Morgan fingerprint density at radius 2 is 1.22 bits per heavy atom. The molecular weight excluding hydrogens is 559 g/mol. The molecule has 2 heterocycles. The highest BCUT2D eigenvalue weighted by molar-refractivity contribution is 5.06. The van der Waals surface area contributed by atoms with Gasteiger partial charge in [-0.15, -0.1) is 0 Å². The van der Waals surface area contributed by atoms with Crippen LogP contribution in [0.4, 0.5) is 0 Å². The molecule has 0 saturated heterocycles. The summed E-state index contributed by atoms with van der Waals surface area (Å²) >= 11 is 0. The summed E-state index contributed by atoms with van der Waals surface area (Å²) in [6, 6.07) is 8.26. The maximum absolute atomic E-state index is 11.3. The first kappa shape index (κ1) is 32.0. The fraction of sp³-hybridized carbons (Fsp3) is 0.484. The van der Waals surface area contributed by atoms with Gasteiger partial charge in [0.1, 0.15) is 0 Å². The second kappa shape index (κ2) is 22.2. The molecule has 4 nitrogen and oxygen atoms in total. The van der Waals surface area contributed by atoms with Gasteiger partial charge in [-0.1, -0.05) is 42.9 Å². The Kier molecular flexibility index (Phi) is 19.8. The summed E-state index contributed by atoms with van der Waals surface area (Å²) in [5.74, 6) is 0. The Bertz CT molecular complexity index is 896. The van der Waals surface area contributed by atoms with Gasteiger partial charge in [-0.05, 0) is 82.8 Å². The van der Waals surface area contributed by atoms with Crippen LogP contribution in [0.25, 0.3) is 0 Å². The summed E-state index contributed by atoms with van der Waals surface area (Å²) in [7, 11) is 0. The molecule has 0 radical (unpaired) electrons. The first-order valence-electron chi connectivity index (χ1n) is 13.5. The fourth-order valence-electron chi connectivity index (χ4n) is 4.06. The number of unbranched alkanes of at least 4 members (excludes halogenated alkanes) is 6. The van der Waals surface area contributed by atoms with Crippen LogP contribution in [0.2, 0.25) is 0 Å². The molecule has 0 amide bonds. The quantitative estimate of drug-likeness (QED) is 0.0880. The van der Waals surface area contributed by atoms with Crippen molar-refractivity contribution < 1.29 is 38.4 Å². The molecule has 5 heteroatoms. The highest BCUT2D eigenvalue weighted by atomic mass is 127. The summed E-state index contributed by atoms with van der Waals surface area (Å²) in [6.07, 6.45) is 35.6. The molecular formula is C31H45IN2O2. The van der Waals surface area contributed by atoms with E-state index < -0.39 is 0 Å². The van der Waals surface area contributed by atoms with E-state index in [1.807, 2.05) is 12.1 Å². The molecule has 0 atom stereocenters. The van der Waals surface area contributed by atoms with Crippen molar-refractivity contribution in [3.63, 3.8) is 0 Å². The van der Waals surface area contributed by atoms with Gasteiger partial charge in [-0.3, -0.25) is 0 Å². The summed E-state index contributed by atoms with van der Waals surface area (Å²) in [6.45, 7) is 1.28. The number of rotatable bonds is 19. The topological polar surface area (TPSA) is 51.0 Å². The molecule has 2 rings (SSSR count). The molecule has 0 fully saturated rings. The van der Waals surface area contributed by atoms with Crippen LogP contribution in [-0.4, -0.2) is 11.7 Å². The van der Waals surface area contributed by atoms with Gasteiger partial charge in [0.15, 0.2) is 31.3 Å². The highest BCUT2D eigenvalue weighted by Crippen LogP contribution is 2.07. The molecule has 198 valence electrons. The van der Waals surface area contributed by atoms with E-state index in [1.165, 1.54) is 37.4 Å². The van der Waals surface area contributed by atoms with Crippen molar-refractivity contribution in [2.75, 3.05) is 6.61 Å². The molecule has 0 aromatic carbocycles. The van der Waals surface area contributed by atoms with Crippen LogP contribution < -0.4 is 33.3 Å². The maximum Gasteiger partial charge on any atom is 0.183 e. The van der Waals surface area contributed by atoms with E-state index in [0.717, 1.165) is 74.6 Å². The van der Waals surface area contributed by atoms with Gasteiger partial charge in [-0.2, -0.15) is 4.73 Å². The lowest BCUT2D eigenvalue weighted by Crippen LogP contribution is -3.00. The average Bonchev–Trinajstić information content (AvgIpc) is 2.86. The minimum absolute atomic E-state index is 0. The molecule has 0 bridgehead atoms. The molecule has 0 unspecified atom stereocenters. The number of aliphatic hydroxyl groups is 1. The van der Waals surface area contributed by atoms with E-state index in [4.69, 9.17) is 5.11 Å². The average molecular weight is 605 g/mol. The van der Waals surface area contributed by atoms with Gasteiger partial charge < -0.3 is 34.3 Å². The third-order valence-electron chi connectivity index (χ3n) is 6.02. The van der Waals surface area contributed by atoms with Crippen LogP contribution in [-0.2, 0) is 19.4 Å². The minimum Gasteiger partial charge on any atom is -1.00 e. The first-order valence-corrected chi connectivity index (χ1v) is 13.5. The van der Waals surface area contributed by atoms with Crippen molar-refractivity contribution in [1.29, 1.82) is 0 Å². The zero-order valence-electron chi connectivity index (χ0n) is 21.8. The lowest BCUT2D eigenvalue weighted by Gasteiger charge is -2.01. The first-order chi connectivity index (χ1) is 17.3. The predicted molar refractivity (Wildman–Crippen MR) is 145 cm³/mol. The summed E-state index contributed by atoms with van der Waals surface area (Å²) in [5, 5.41) is 20.0. The molecule has 0 saturated carbocycles. The van der Waals surface area contributed by atoms with Crippen molar-refractivity contribution in [1.82, 2.24) is 0 Å². The van der Waals surface area contributed by atoms with Gasteiger partial charge >= 0.3 is 0 Å². The second-order valence-corrected chi connectivity index (χ2v) is 9.16. The van der Waals surface area contributed by atoms with Crippen LogP contribution in [0, 0.1) is 5.21 Å². The lowest BCUT2D eigenvalue weighted by molar-refractivity contribution is -0.696. The molecule has 0 spiro atoms. The molecule has 0 aliphatic rings. The molecule has 2 aromatic heterocycles. The Morgan fingerprint density at radius 3 is 1.94 bits per heavy atom. The molecule has 2 aromatic rings. The number of aryl methyl sites for hydroxylation is 3. The number of hydrogen-bond acceptors (Lipinski definition) is 2. The van der Waals surface area contributed by atoms with E-state index in [9.17, 15) is 5.21 Å². The van der Waals surface area contributed by atoms with Crippen LogP contribution in [0.1, 0.15) is 81.8 Å². The zero-order chi connectivity index (χ0) is 24.8. The number of pyridine rings is 2. The molecule has 1 N–H and O–H groups in total. The molecule has 36 heavy (non-hydrogen) atoms. The van der Waals surface area contributed by atoms with E-state index in [0.29, 0.717) is 0 Å². The SMILES string of the molecule is [I-].[O-][n+]1cccc(CCCCC/C=C/CC[n+]2cccc(CCC/C=C\CCC/C=C/CCO)c2)c1. The Balaban J connectivity index is 0.00000648. The Labute approximate surface area is 236 Å². The normalized spacial score (nSPS) is 11.6. The van der Waals surface area contributed by atoms with Gasteiger partial charge in [0, 0.05) is 36.3 Å². The van der Waals surface area contributed by atoms with Crippen molar-refractivity contribution in [3.05, 3.63) is 102 Å². The smallest absolute Gasteiger partial charge is 0.183 e. The third-order valence-corrected chi connectivity index (χ3v) is 6.02. The Hall–Kier alpha value is -1.99.